The summed E-state index contributed by atoms with van der Waals surface area (Å²) in [6.45, 7) is 4.85. The maximum Gasteiger partial charge on any atom is 0.0699 e. The first-order valence-corrected chi connectivity index (χ1v) is 7.70. The van der Waals surface area contributed by atoms with Gasteiger partial charge in [-0.25, -0.2) is 0 Å². The van der Waals surface area contributed by atoms with Crippen LogP contribution in [0.5, 0.6) is 0 Å². The van der Waals surface area contributed by atoms with Crippen LogP contribution < -0.4 is 0 Å². The van der Waals surface area contributed by atoms with Crippen LogP contribution in [0.25, 0.3) is 0 Å². The Morgan fingerprint density at radius 2 is 2.11 bits per heavy atom. The van der Waals surface area contributed by atoms with Gasteiger partial charge in [0.1, 0.15) is 0 Å². The number of fused-ring (bicyclic) bond motifs is 6. The Balaban J connectivity index is 1.63. The minimum atomic E-state index is -0.0694. The van der Waals surface area contributed by atoms with E-state index in [0.717, 1.165) is 12.3 Å². The van der Waals surface area contributed by atoms with Gasteiger partial charge in [-0.1, -0.05) is 6.08 Å². The van der Waals surface area contributed by atoms with Crippen LogP contribution in [0.2, 0.25) is 0 Å². The molecule has 4 atom stereocenters. The SMILES string of the molecule is OC1CCCN2CC3CC(CN4CCCC=C34)C12. The number of allylic oxidation sites excluding steroid dienone is 1. The van der Waals surface area contributed by atoms with Gasteiger partial charge in [0.25, 0.3) is 0 Å². The fourth-order valence-corrected chi connectivity index (χ4v) is 4.85. The maximum atomic E-state index is 10.3. The van der Waals surface area contributed by atoms with Crippen molar-refractivity contribution in [2.24, 2.45) is 11.8 Å². The highest BCUT2D eigenvalue weighted by molar-refractivity contribution is 5.17. The van der Waals surface area contributed by atoms with Gasteiger partial charge in [-0.05, 0) is 44.6 Å². The Hall–Kier alpha value is -0.540. The number of hydrogen-bond donors (Lipinski definition) is 1. The number of nitrogens with zero attached hydrogens (tertiary/aromatic N) is 2. The molecule has 0 amide bonds. The molecule has 0 saturated carbocycles. The normalized spacial score (nSPS) is 44.1. The van der Waals surface area contributed by atoms with Crippen LogP contribution in [-0.2, 0) is 0 Å². The summed E-state index contributed by atoms with van der Waals surface area (Å²) < 4.78 is 0. The fraction of sp³-hybridized carbons (Fsp3) is 0.867. The zero-order chi connectivity index (χ0) is 12.1. The minimum Gasteiger partial charge on any atom is -0.391 e. The first-order chi connectivity index (χ1) is 8.83. The Labute approximate surface area is 109 Å². The highest BCUT2D eigenvalue weighted by atomic mass is 16.3. The predicted molar refractivity (Wildman–Crippen MR) is 71.1 cm³/mol. The van der Waals surface area contributed by atoms with E-state index in [1.807, 2.05) is 0 Å². The molecule has 18 heavy (non-hydrogen) atoms. The van der Waals surface area contributed by atoms with E-state index in [9.17, 15) is 5.11 Å². The summed E-state index contributed by atoms with van der Waals surface area (Å²) in [7, 11) is 0. The number of piperidine rings is 3. The molecule has 0 aromatic heterocycles. The average molecular weight is 248 g/mol. The van der Waals surface area contributed by atoms with Gasteiger partial charge in [0.2, 0.25) is 0 Å². The van der Waals surface area contributed by atoms with Crippen LogP contribution in [-0.4, -0.2) is 53.2 Å². The molecular weight excluding hydrogens is 224 g/mol. The van der Waals surface area contributed by atoms with E-state index in [2.05, 4.69) is 15.9 Å². The van der Waals surface area contributed by atoms with Gasteiger partial charge < -0.3 is 10.0 Å². The summed E-state index contributed by atoms with van der Waals surface area (Å²) in [6.07, 6.45) is 8.54. The lowest BCUT2D eigenvalue weighted by atomic mass is 9.73. The predicted octanol–water partition coefficient (Wildman–Crippen LogP) is 1.44. The van der Waals surface area contributed by atoms with E-state index < -0.39 is 0 Å². The summed E-state index contributed by atoms with van der Waals surface area (Å²) in [5, 5.41) is 10.3. The molecule has 3 nitrogen and oxygen atoms in total. The molecule has 0 spiro atoms. The Kier molecular flexibility index (Phi) is 2.66. The molecule has 100 valence electrons. The number of hydrogen-bond acceptors (Lipinski definition) is 3. The summed E-state index contributed by atoms with van der Waals surface area (Å²) in [6, 6.07) is 0.457. The molecule has 4 rings (SSSR count). The molecule has 2 bridgehead atoms. The molecule has 4 aliphatic rings. The molecule has 4 heterocycles. The number of aliphatic hydroxyl groups is 1. The molecule has 3 saturated heterocycles. The van der Waals surface area contributed by atoms with E-state index >= 15 is 0 Å². The zero-order valence-electron chi connectivity index (χ0n) is 11.1. The third-order valence-corrected chi connectivity index (χ3v) is 5.51. The van der Waals surface area contributed by atoms with Crippen molar-refractivity contribution < 1.29 is 5.11 Å². The third-order valence-electron chi connectivity index (χ3n) is 5.51. The largest absolute Gasteiger partial charge is 0.391 e. The van der Waals surface area contributed by atoms with Gasteiger partial charge in [-0.2, -0.15) is 0 Å². The smallest absolute Gasteiger partial charge is 0.0699 e. The Morgan fingerprint density at radius 1 is 1.17 bits per heavy atom. The van der Waals surface area contributed by atoms with Crippen molar-refractivity contribution >= 4 is 0 Å². The molecule has 3 heteroatoms. The Bertz CT molecular complexity index is 368. The minimum absolute atomic E-state index is 0.0694. The van der Waals surface area contributed by atoms with Gasteiger partial charge in [-0.3, -0.25) is 4.90 Å². The maximum absolute atomic E-state index is 10.3. The van der Waals surface area contributed by atoms with E-state index in [4.69, 9.17) is 0 Å². The van der Waals surface area contributed by atoms with Crippen LogP contribution in [0.3, 0.4) is 0 Å². The summed E-state index contributed by atoms with van der Waals surface area (Å²) in [4.78, 5) is 5.22. The summed E-state index contributed by atoms with van der Waals surface area (Å²) in [5.41, 5.74) is 1.64. The first kappa shape index (κ1) is 11.3. The number of aliphatic hydroxyl groups excluding tert-OH is 1. The van der Waals surface area contributed by atoms with Gasteiger partial charge in [0.15, 0.2) is 0 Å². The molecule has 0 radical (unpaired) electrons. The zero-order valence-corrected chi connectivity index (χ0v) is 11.1. The van der Waals surface area contributed by atoms with Crippen LogP contribution in [0, 0.1) is 11.8 Å². The van der Waals surface area contributed by atoms with Crippen LogP contribution in [0.4, 0.5) is 0 Å². The topological polar surface area (TPSA) is 26.7 Å². The van der Waals surface area contributed by atoms with E-state index in [1.165, 1.54) is 51.9 Å². The lowest BCUT2D eigenvalue weighted by Gasteiger charge is -2.56. The van der Waals surface area contributed by atoms with Crippen LogP contribution in [0.15, 0.2) is 11.8 Å². The second-order valence-electron chi connectivity index (χ2n) is 6.61. The fourth-order valence-electron chi connectivity index (χ4n) is 4.85. The molecule has 3 fully saturated rings. The highest BCUT2D eigenvalue weighted by Crippen LogP contribution is 2.42. The molecule has 1 N–H and O–H groups in total. The van der Waals surface area contributed by atoms with Crippen molar-refractivity contribution in [3.8, 4) is 0 Å². The monoisotopic (exact) mass is 248 g/mol. The van der Waals surface area contributed by atoms with Crippen LogP contribution >= 0.6 is 0 Å². The number of rotatable bonds is 0. The van der Waals surface area contributed by atoms with Crippen molar-refractivity contribution in [1.29, 1.82) is 0 Å². The average Bonchev–Trinajstić information content (AvgIpc) is 2.39. The van der Waals surface area contributed by atoms with Crippen LogP contribution in [0.1, 0.15) is 32.1 Å². The Morgan fingerprint density at radius 3 is 3.06 bits per heavy atom. The molecule has 0 aromatic carbocycles. The lowest BCUT2D eigenvalue weighted by molar-refractivity contribution is -0.0745. The molecule has 0 aromatic rings. The molecular formula is C15H24N2O. The standard InChI is InChI=1S/C15H24N2O/c18-14-5-3-7-17-9-11-8-12(15(14)17)10-16-6-2-1-4-13(11)16/h4,11-12,14-15,18H,1-3,5-10H2. The lowest BCUT2D eigenvalue weighted by Crippen LogP contribution is -2.62. The van der Waals surface area contributed by atoms with Gasteiger partial charge in [0, 0.05) is 37.3 Å². The molecule has 0 aliphatic carbocycles. The third kappa shape index (κ3) is 1.64. The van der Waals surface area contributed by atoms with Crippen molar-refractivity contribution in [3.63, 3.8) is 0 Å². The van der Waals surface area contributed by atoms with Crippen molar-refractivity contribution in [2.45, 2.75) is 44.2 Å². The summed E-state index contributed by atoms with van der Waals surface area (Å²) >= 11 is 0. The first-order valence-electron chi connectivity index (χ1n) is 7.70. The van der Waals surface area contributed by atoms with Crippen molar-refractivity contribution in [2.75, 3.05) is 26.2 Å². The summed E-state index contributed by atoms with van der Waals surface area (Å²) in [5.74, 6) is 1.46. The molecule has 4 unspecified atom stereocenters. The van der Waals surface area contributed by atoms with E-state index in [0.29, 0.717) is 12.0 Å². The van der Waals surface area contributed by atoms with Gasteiger partial charge in [0.05, 0.1) is 6.10 Å². The highest BCUT2D eigenvalue weighted by Gasteiger charge is 2.46. The molecule has 4 aliphatic heterocycles. The second-order valence-corrected chi connectivity index (χ2v) is 6.61. The van der Waals surface area contributed by atoms with Gasteiger partial charge >= 0.3 is 0 Å². The van der Waals surface area contributed by atoms with Crippen molar-refractivity contribution in [1.82, 2.24) is 9.80 Å². The van der Waals surface area contributed by atoms with E-state index in [-0.39, 0.29) is 6.10 Å². The second kappa shape index (κ2) is 4.24. The van der Waals surface area contributed by atoms with E-state index in [1.54, 1.807) is 5.70 Å². The van der Waals surface area contributed by atoms with Crippen molar-refractivity contribution in [3.05, 3.63) is 11.8 Å². The quantitative estimate of drug-likeness (QED) is 0.703. The van der Waals surface area contributed by atoms with Gasteiger partial charge in [-0.15, -0.1) is 0 Å².